The smallest absolute Gasteiger partial charge is 0.165 e. The summed E-state index contributed by atoms with van der Waals surface area (Å²) in [7, 11) is 0. The standard InChI is InChI=1S/C17H22FN3O/c1-12-10-20-17(19)16(12)21-8-6-13(7-9-21)11-22-15-5-3-2-4-14(15)18/h2-5,10,13,20H,6-9,11,19H2,1H3. The first-order valence-corrected chi connectivity index (χ1v) is 7.71. The molecule has 1 aromatic carbocycles. The Morgan fingerprint density at radius 1 is 1.32 bits per heavy atom. The number of H-pyrrole nitrogens is 1. The number of nitrogens with two attached hydrogens (primary N) is 1. The Kier molecular flexibility index (Phi) is 4.22. The van der Waals surface area contributed by atoms with E-state index in [0.717, 1.165) is 37.4 Å². The van der Waals surface area contributed by atoms with Gasteiger partial charge in [0, 0.05) is 19.3 Å². The second-order valence-electron chi connectivity index (χ2n) is 5.91. The fourth-order valence-corrected chi connectivity index (χ4v) is 3.05. The van der Waals surface area contributed by atoms with Crippen molar-refractivity contribution in [2.24, 2.45) is 5.92 Å². The fourth-order valence-electron chi connectivity index (χ4n) is 3.05. The Morgan fingerprint density at radius 2 is 2.05 bits per heavy atom. The number of piperidine rings is 1. The Balaban J connectivity index is 1.53. The van der Waals surface area contributed by atoms with Gasteiger partial charge in [-0.25, -0.2) is 4.39 Å². The molecule has 1 aliphatic rings. The average molecular weight is 303 g/mol. The Morgan fingerprint density at radius 3 is 2.68 bits per heavy atom. The molecule has 22 heavy (non-hydrogen) atoms. The van der Waals surface area contributed by atoms with Crippen molar-refractivity contribution >= 4 is 11.5 Å². The maximum atomic E-state index is 13.5. The lowest BCUT2D eigenvalue weighted by atomic mass is 9.97. The van der Waals surface area contributed by atoms with Gasteiger partial charge in [-0.1, -0.05) is 12.1 Å². The number of aromatic nitrogens is 1. The van der Waals surface area contributed by atoms with Gasteiger partial charge in [0.05, 0.1) is 12.3 Å². The van der Waals surface area contributed by atoms with E-state index in [1.165, 1.54) is 11.6 Å². The van der Waals surface area contributed by atoms with E-state index in [1.807, 2.05) is 6.20 Å². The van der Waals surface area contributed by atoms with Crippen LogP contribution in [-0.4, -0.2) is 24.7 Å². The van der Waals surface area contributed by atoms with E-state index in [-0.39, 0.29) is 5.82 Å². The van der Waals surface area contributed by atoms with Gasteiger partial charge in [-0.2, -0.15) is 0 Å². The van der Waals surface area contributed by atoms with Gasteiger partial charge >= 0.3 is 0 Å². The molecule has 118 valence electrons. The van der Waals surface area contributed by atoms with E-state index in [0.29, 0.717) is 18.3 Å². The number of nitrogen functional groups attached to an aromatic ring is 1. The predicted molar refractivity (Wildman–Crippen MR) is 86.8 cm³/mol. The van der Waals surface area contributed by atoms with Crippen LogP contribution in [0.3, 0.4) is 0 Å². The van der Waals surface area contributed by atoms with Crippen LogP contribution in [0.5, 0.6) is 5.75 Å². The SMILES string of the molecule is Cc1c[nH]c(N)c1N1CCC(COc2ccccc2F)CC1. The summed E-state index contributed by atoms with van der Waals surface area (Å²) in [4.78, 5) is 5.39. The molecule has 1 fully saturated rings. The first-order chi connectivity index (χ1) is 10.6. The van der Waals surface area contributed by atoms with Crippen LogP contribution in [0.2, 0.25) is 0 Å². The molecule has 0 radical (unpaired) electrons. The van der Waals surface area contributed by atoms with E-state index in [1.54, 1.807) is 18.2 Å². The highest BCUT2D eigenvalue weighted by atomic mass is 19.1. The van der Waals surface area contributed by atoms with Crippen LogP contribution >= 0.6 is 0 Å². The topological polar surface area (TPSA) is 54.3 Å². The highest BCUT2D eigenvalue weighted by molar-refractivity contribution is 5.68. The lowest BCUT2D eigenvalue weighted by Crippen LogP contribution is -2.36. The summed E-state index contributed by atoms with van der Waals surface area (Å²) in [6, 6.07) is 6.56. The number of aryl methyl sites for hydroxylation is 1. The third-order valence-corrected chi connectivity index (χ3v) is 4.31. The quantitative estimate of drug-likeness (QED) is 0.911. The molecular weight excluding hydrogens is 281 g/mol. The second kappa shape index (κ2) is 6.30. The zero-order chi connectivity index (χ0) is 15.5. The molecule has 0 saturated carbocycles. The summed E-state index contributed by atoms with van der Waals surface area (Å²) < 4.78 is 19.2. The van der Waals surface area contributed by atoms with Crippen molar-refractivity contribution in [1.29, 1.82) is 0 Å². The van der Waals surface area contributed by atoms with E-state index >= 15 is 0 Å². The Bertz CT molecular complexity index is 613. The van der Waals surface area contributed by atoms with E-state index in [2.05, 4.69) is 16.8 Å². The minimum absolute atomic E-state index is 0.296. The number of nitrogens with one attached hydrogen (secondary N) is 1. The molecule has 0 spiro atoms. The number of hydrogen-bond donors (Lipinski definition) is 2. The van der Waals surface area contributed by atoms with Crippen LogP contribution in [-0.2, 0) is 0 Å². The van der Waals surface area contributed by atoms with Gasteiger partial charge in [0.15, 0.2) is 11.6 Å². The molecule has 2 aromatic rings. The zero-order valence-corrected chi connectivity index (χ0v) is 12.8. The number of hydrogen-bond acceptors (Lipinski definition) is 3. The summed E-state index contributed by atoms with van der Waals surface area (Å²) in [5, 5.41) is 0. The van der Waals surface area contributed by atoms with Gasteiger partial charge in [0.25, 0.3) is 0 Å². The van der Waals surface area contributed by atoms with E-state index < -0.39 is 0 Å². The highest BCUT2D eigenvalue weighted by Gasteiger charge is 2.23. The molecule has 1 saturated heterocycles. The molecule has 0 aliphatic carbocycles. The first kappa shape index (κ1) is 14.8. The number of rotatable bonds is 4. The summed E-state index contributed by atoms with van der Waals surface area (Å²) in [6.07, 6.45) is 4.00. The Hall–Kier alpha value is -2.17. The van der Waals surface area contributed by atoms with Crippen molar-refractivity contribution in [2.75, 3.05) is 30.3 Å². The van der Waals surface area contributed by atoms with Gasteiger partial charge < -0.3 is 20.4 Å². The summed E-state index contributed by atoms with van der Waals surface area (Å²) in [6.45, 7) is 4.54. The van der Waals surface area contributed by atoms with E-state index in [4.69, 9.17) is 10.5 Å². The van der Waals surface area contributed by atoms with Crippen LogP contribution in [0.1, 0.15) is 18.4 Å². The van der Waals surface area contributed by atoms with Crippen LogP contribution in [0.25, 0.3) is 0 Å². The lowest BCUT2D eigenvalue weighted by molar-refractivity contribution is 0.215. The minimum Gasteiger partial charge on any atom is -0.490 e. The largest absolute Gasteiger partial charge is 0.490 e. The maximum Gasteiger partial charge on any atom is 0.165 e. The first-order valence-electron chi connectivity index (χ1n) is 7.71. The van der Waals surface area contributed by atoms with Crippen LogP contribution < -0.4 is 15.4 Å². The fraction of sp³-hybridized carbons (Fsp3) is 0.412. The number of nitrogens with zero attached hydrogens (tertiary/aromatic N) is 1. The van der Waals surface area contributed by atoms with Gasteiger partial charge in [0.2, 0.25) is 0 Å². The average Bonchev–Trinajstić information content (AvgIpc) is 2.86. The molecule has 1 aliphatic heterocycles. The number of aromatic amines is 1. The summed E-state index contributed by atoms with van der Waals surface area (Å²) in [5.41, 5.74) is 8.29. The molecule has 1 aromatic heterocycles. The van der Waals surface area contributed by atoms with Crippen molar-refractivity contribution in [3.05, 3.63) is 41.8 Å². The number of anilines is 2. The van der Waals surface area contributed by atoms with Crippen LogP contribution in [0.15, 0.2) is 30.5 Å². The molecule has 0 amide bonds. The van der Waals surface area contributed by atoms with E-state index in [9.17, 15) is 4.39 Å². The number of para-hydroxylation sites is 1. The van der Waals surface area contributed by atoms with Gasteiger partial charge in [0.1, 0.15) is 5.82 Å². The number of ether oxygens (including phenoxy) is 1. The highest BCUT2D eigenvalue weighted by Crippen LogP contribution is 2.31. The monoisotopic (exact) mass is 303 g/mol. The summed E-state index contributed by atoms with van der Waals surface area (Å²) >= 11 is 0. The normalized spacial score (nSPS) is 16.0. The predicted octanol–water partition coefficient (Wildman–Crippen LogP) is 3.34. The van der Waals surface area contributed by atoms with Crippen LogP contribution in [0.4, 0.5) is 15.9 Å². The molecule has 2 heterocycles. The molecule has 0 unspecified atom stereocenters. The Labute approximate surface area is 130 Å². The van der Waals surface area contributed by atoms with Gasteiger partial charge in [-0.05, 0) is 43.4 Å². The molecule has 0 bridgehead atoms. The minimum atomic E-state index is -0.296. The summed E-state index contributed by atoms with van der Waals surface area (Å²) in [5.74, 6) is 1.24. The maximum absolute atomic E-state index is 13.5. The van der Waals surface area contributed by atoms with Crippen molar-refractivity contribution in [3.8, 4) is 5.75 Å². The second-order valence-corrected chi connectivity index (χ2v) is 5.91. The third kappa shape index (κ3) is 3.03. The van der Waals surface area contributed by atoms with Crippen molar-refractivity contribution in [2.45, 2.75) is 19.8 Å². The third-order valence-electron chi connectivity index (χ3n) is 4.31. The zero-order valence-electron chi connectivity index (χ0n) is 12.8. The molecule has 3 N–H and O–H groups in total. The van der Waals surface area contributed by atoms with Crippen molar-refractivity contribution in [3.63, 3.8) is 0 Å². The number of halogens is 1. The molecule has 5 heteroatoms. The molecule has 3 rings (SSSR count). The molecule has 4 nitrogen and oxygen atoms in total. The lowest BCUT2D eigenvalue weighted by Gasteiger charge is -2.33. The van der Waals surface area contributed by atoms with Gasteiger partial charge in [-0.3, -0.25) is 0 Å². The van der Waals surface area contributed by atoms with Crippen LogP contribution in [0, 0.1) is 18.7 Å². The molecule has 0 atom stereocenters. The molecular formula is C17H22FN3O. The number of benzene rings is 1. The van der Waals surface area contributed by atoms with Crippen molar-refractivity contribution in [1.82, 2.24) is 4.98 Å². The van der Waals surface area contributed by atoms with Gasteiger partial charge in [-0.15, -0.1) is 0 Å². The van der Waals surface area contributed by atoms with Crippen molar-refractivity contribution < 1.29 is 9.13 Å².